The molecule has 0 amide bonds. The molecule has 0 bridgehead atoms. The van der Waals surface area contributed by atoms with Crippen LogP contribution in [0.3, 0.4) is 0 Å². The van der Waals surface area contributed by atoms with Gasteiger partial charge in [0.2, 0.25) is 10.7 Å². The smallest absolute Gasteiger partial charge is 0.244 e. The quantitative estimate of drug-likeness (QED) is 0.743. The van der Waals surface area contributed by atoms with Gasteiger partial charge in [-0.1, -0.05) is 36.4 Å². The Balaban J connectivity index is 1.85. The Hall–Kier alpha value is -2.71. The van der Waals surface area contributed by atoms with Crippen molar-refractivity contribution >= 4 is 11.6 Å². The minimum absolute atomic E-state index is 0.418. The van der Waals surface area contributed by atoms with Crippen LogP contribution in [0.2, 0.25) is 0 Å². The predicted octanol–water partition coefficient (Wildman–Crippen LogP) is 3.38. The summed E-state index contributed by atoms with van der Waals surface area (Å²) in [5, 5.41) is 9.05. The summed E-state index contributed by atoms with van der Waals surface area (Å²) in [6.45, 7) is 0.418. The van der Waals surface area contributed by atoms with E-state index in [4.69, 9.17) is 9.11 Å². The minimum atomic E-state index is 0.418. The molecule has 0 radical (unpaired) electrons. The predicted molar refractivity (Wildman–Crippen MR) is 80.2 cm³/mol. The fraction of sp³-hybridized carbons (Fsp3) is 0.0625. The number of rotatable bonds is 3. The van der Waals surface area contributed by atoms with Crippen LogP contribution in [0.25, 0.3) is 11.5 Å². The van der Waals surface area contributed by atoms with E-state index in [9.17, 15) is 0 Å². The average Bonchev–Trinajstić information content (AvgIpc) is 3.03. The van der Waals surface area contributed by atoms with Gasteiger partial charge in [-0.05, 0) is 23.8 Å². The van der Waals surface area contributed by atoms with Crippen LogP contribution in [0.4, 0.5) is 0 Å². The van der Waals surface area contributed by atoms with Crippen molar-refractivity contribution in [3.8, 4) is 17.5 Å². The lowest BCUT2D eigenvalue weighted by Crippen LogP contribution is -2.00. The third-order valence-electron chi connectivity index (χ3n) is 2.94. The van der Waals surface area contributed by atoms with Crippen LogP contribution in [-0.2, 0) is 6.54 Å². The number of hydrogen-bond acceptors (Lipinski definition) is 5. The van der Waals surface area contributed by atoms with E-state index < -0.39 is 0 Å². The van der Waals surface area contributed by atoms with Gasteiger partial charge in [-0.2, -0.15) is 10.2 Å². The van der Waals surface area contributed by atoms with Crippen molar-refractivity contribution in [1.29, 1.82) is 5.26 Å². The molecule has 21 heavy (non-hydrogen) atoms. The molecule has 3 aromatic rings. The largest absolute Gasteiger partial charge is 0.377 e. The number of nitrogens with zero attached hydrogens (tertiary/aromatic N) is 3. The molecule has 1 aromatic heterocycles. The van der Waals surface area contributed by atoms with Gasteiger partial charge in [0.05, 0.1) is 29.8 Å². The van der Waals surface area contributed by atoms with E-state index in [-0.39, 0.29) is 0 Å². The zero-order chi connectivity index (χ0) is 14.5. The summed E-state index contributed by atoms with van der Waals surface area (Å²) in [5.74, 6) is 0.563. The van der Waals surface area contributed by atoms with Crippen molar-refractivity contribution < 1.29 is 3.85 Å². The van der Waals surface area contributed by atoms with Gasteiger partial charge in [0.1, 0.15) is 0 Å². The Morgan fingerprint density at radius 3 is 2.67 bits per heavy atom. The molecule has 0 unspecified atom stereocenters. The molecular formula is C16H11N3OS. The van der Waals surface area contributed by atoms with E-state index in [1.807, 2.05) is 48.5 Å². The maximum Gasteiger partial charge on any atom is 0.244 e. The summed E-state index contributed by atoms with van der Waals surface area (Å²) < 4.78 is 5.47. The van der Waals surface area contributed by atoms with E-state index in [1.54, 1.807) is 6.07 Å². The Kier molecular flexibility index (Phi) is 3.90. The number of nitriles is 1. The van der Waals surface area contributed by atoms with Crippen molar-refractivity contribution in [3.63, 3.8) is 0 Å². The fourth-order valence-corrected chi connectivity index (χ4v) is 2.40. The lowest BCUT2D eigenvalue weighted by atomic mass is 10.1. The normalized spacial score (nSPS) is 11.3. The molecule has 0 aliphatic carbocycles. The van der Waals surface area contributed by atoms with Gasteiger partial charge >= 0.3 is 0 Å². The molecule has 5 heteroatoms. The molecule has 0 spiro atoms. The van der Waals surface area contributed by atoms with E-state index in [1.165, 1.54) is 0 Å². The Bertz CT molecular complexity index is 843. The van der Waals surface area contributed by atoms with Crippen molar-refractivity contribution in [1.82, 2.24) is 4.98 Å². The van der Waals surface area contributed by atoms with Crippen molar-refractivity contribution in [2.24, 2.45) is 4.99 Å². The van der Waals surface area contributed by atoms with Gasteiger partial charge in [0.15, 0.2) is 0 Å². The molecule has 3 rings (SSSR count). The zero-order valence-electron chi connectivity index (χ0n) is 11.1. The van der Waals surface area contributed by atoms with Crippen LogP contribution in [0.5, 0.6) is 0 Å². The highest BCUT2D eigenvalue weighted by molar-refractivity contribution is 7.00. The zero-order valence-corrected chi connectivity index (χ0v) is 11.9. The van der Waals surface area contributed by atoms with Crippen molar-refractivity contribution in [2.45, 2.75) is 6.54 Å². The number of hydrogen-bond donors (Lipinski definition) is 0. The second kappa shape index (κ2) is 6.16. The van der Waals surface area contributed by atoms with Crippen LogP contribution in [-0.4, -0.2) is 4.98 Å². The van der Waals surface area contributed by atoms with Gasteiger partial charge in [0, 0.05) is 5.56 Å². The molecule has 0 aliphatic heterocycles. The average molecular weight is 293 g/mol. The topological polar surface area (TPSA) is 62.2 Å². The molecular weight excluding hydrogens is 282 g/mol. The number of benzene rings is 2. The van der Waals surface area contributed by atoms with Crippen molar-refractivity contribution in [3.05, 3.63) is 70.5 Å². The Labute approximate surface area is 125 Å². The summed E-state index contributed by atoms with van der Waals surface area (Å²) in [7, 11) is 0. The lowest BCUT2D eigenvalue weighted by Gasteiger charge is -1.97. The molecule has 1 heterocycles. The Morgan fingerprint density at radius 1 is 1.10 bits per heavy atom. The summed E-state index contributed by atoms with van der Waals surface area (Å²) in [6, 6.07) is 19.3. The van der Waals surface area contributed by atoms with Gasteiger partial charge in [-0.3, -0.25) is 0 Å². The molecule has 4 nitrogen and oxygen atoms in total. The Morgan fingerprint density at radius 2 is 1.86 bits per heavy atom. The molecule has 0 aliphatic rings. The van der Waals surface area contributed by atoms with Crippen LogP contribution in [0.15, 0.2) is 63.4 Å². The highest BCUT2D eigenvalue weighted by atomic mass is 32.1. The molecule has 2 aromatic carbocycles. The molecule has 102 valence electrons. The van der Waals surface area contributed by atoms with Crippen LogP contribution in [0.1, 0.15) is 11.1 Å². The summed E-state index contributed by atoms with van der Waals surface area (Å²) >= 11 is 1.14. The monoisotopic (exact) mass is 293 g/mol. The van der Waals surface area contributed by atoms with E-state index in [2.05, 4.69) is 16.0 Å². The van der Waals surface area contributed by atoms with E-state index in [0.717, 1.165) is 22.8 Å². The first-order chi connectivity index (χ1) is 10.4. The van der Waals surface area contributed by atoms with Crippen molar-refractivity contribution in [2.75, 3.05) is 0 Å². The van der Waals surface area contributed by atoms with Crippen LogP contribution < -0.4 is 4.80 Å². The van der Waals surface area contributed by atoms with Gasteiger partial charge < -0.3 is 3.85 Å². The third-order valence-corrected chi connectivity index (χ3v) is 3.55. The van der Waals surface area contributed by atoms with Gasteiger partial charge in [0.25, 0.3) is 0 Å². The molecule has 0 saturated heterocycles. The fourth-order valence-electron chi connectivity index (χ4n) is 1.88. The lowest BCUT2D eigenvalue weighted by molar-refractivity contribution is 0.690. The van der Waals surface area contributed by atoms with E-state index in [0.29, 0.717) is 22.8 Å². The van der Waals surface area contributed by atoms with E-state index >= 15 is 0 Å². The molecule has 0 fully saturated rings. The highest BCUT2D eigenvalue weighted by Crippen LogP contribution is 2.16. The first kappa shape index (κ1) is 13.3. The first-order valence-electron chi connectivity index (χ1n) is 6.38. The van der Waals surface area contributed by atoms with Gasteiger partial charge in [-0.15, -0.1) is 0 Å². The maximum atomic E-state index is 9.05. The number of aromatic nitrogens is 1. The minimum Gasteiger partial charge on any atom is -0.377 e. The molecule has 0 atom stereocenters. The third kappa shape index (κ3) is 3.07. The summed E-state index contributed by atoms with van der Waals surface area (Å²) in [5.41, 5.74) is 2.45. The summed E-state index contributed by atoms with van der Waals surface area (Å²) in [6.07, 6.45) is 0. The SMILES string of the molecule is N#Cc1ccccc1CN=c1nc(-c2ccccc2)os1. The summed E-state index contributed by atoms with van der Waals surface area (Å²) in [4.78, 5) is 9.32. The maximum absolute atomic E-state index is 9.05. The highest BCUT2D eigenvalue weighted by Gasteiger charge is 2.04. The molecule has 0 N–H and O–H groups in total. The first-order valence-corrected chi connectivity index (χ1v) is 7.12. The van der Waals surface area contributed by atoms with Crippen LogP contribution in [0, 0.1) is 11.3 Å². The standard InChI is InChI=1S/C16H11N3OS/c17-10-13-8-4-5-9-14(13)11-18-16-19-15(20-21-16)12-6-2-1-3-7-12/h1-9H,11H2. The van der Waals surface area contributed by atoms with Gasteiger partial charge in [-0.25, -0.2) is 4.99 Å². The molecule has 0 saturated carbocycles. The van der Waals surface area contributed by atoms with Crippen LogP contribution >= 0.6 is 11.6 Å². The second-order valence-electron chi connectivity index (χ2n) is 4.32. The second-order valence-corrected chi connectivity index (χ2v) is 5.02.